The van der Waals surface area contributed by atoms with Gasteiger partial charge in [0.15, 0.2) is 5.82 Å². The summed E-state index contributed by atoms with van der Waals surface area (Å²) in [5, 5.41) is 10.2. The first-order chi connectivity index (χ1) is 16.5. The van der Waals surface area contributed by atoms with E-state index in [0.29, 0.717) is 24.3 Å². The van der Waals surface area contributed by atoms with Crippen molar-refractivity contribution in [3.05, 3.63) is 41.4 Å². The number of nitrogens with zero attached hydrogens (tertiary/aromatic N) is 4. The number of amides is 1. The predicted octanol–water partition coefficient (Wildman–Crippen LogP) is 3.35. The van der Waals surface area contributed by atoms with Gasteiger partial charge >= 0.3 is 6.09 Å². The zero-order chi connectivity index (χ0) is 25.8. The molecule has 0 bridgehead atoms. The third-order valence-corrected chi connectivity index (χ3v) is 5.53. The molecule has 1 unspecified atom stereocenters. The molecule has 35 heavy (non-hydrogen) atoms. The topological polar surface area (TPSA) is 140 Å². The van der Waals surface area contributed by atoms with Gasteiger partial charge in [-0.15, -0.1) is 0 Å². The summed E-state index contributed by atoms with van der Waals surface area (Å²) < 4.78 is 47.1. The second-order valence-corrected chi connectivity index (χ2v) is 9.80. The molecule has 2 aromatic heterocycles. The van der Waals surface area contributed by atoms with E-state index in [1.165, 1.54) is 25.4 Å². The van der Waals surface area contributed by atoms with E-state index in [0.717, 1.165) is 6.26 Å². The van der Waals surface area contributed by atoms with Crippen LogP contribution in [-0.4, -0.2) is 60.2 Å². The maximum Gasteiger partial charge on any atom is 0.407 e. The van der Waals surface area contributed by atoms with Crippen molar-refractivity contribution in [3.63, 3.8) is 0 Å². The maximum atomic E-state index is 15.4. The van der Waals surface area contributed by atoms with Crippen molar-refractivity contribution < 1.29 is 22.3 Å². The minimum atomic E-state index is -3.74. The molecule has 0 saturated heterocycles. The second kappa shape index (κ2) is 10.9. The van der Waals surface area contributed by atoms with Crippen LogP contribution in [0.5, 0.6) is 0 Å². The molecule has 0 aliphatic rings. The Labute approximate surface area is 207 Å². The Bertz CT molecular complexity index is 1330. The third kappa shape index (κ3) is 6.79. The number of benzene rings is 1. The van der Waals surface area contributed by atoms with Gasteiger partial charge in [-0.2, -0.15) is 5.10 Å². The SMILES string of the molecule is CCn1cc(-c2ccnc(NCC(C)NC(=O)OC)n2)c(-c2cc(Cl)cc(NS(C)(=O)=O)c2F)n1. The summed E-state index contributed by atoms with van der Waals surface area (Å²) in [4.78, 5) is 20.0. The van der Waals surface area contributed by atoms with Crippen molar-refractivity contribution in [3.8, 4) is 22.5 Å². The second-order valence-electron chi connectivity index (χ2n) is 7.62. The van der Waals surface area contributed by atoms with Crippen LogP contribution in [0, 0.1) is 5.82 Å². The van der Waals surface area contributed by atoms with Gasteiger partial charge in [0.1, 0.15) is 5.69 Å². The van der Waals surface area contributed by atoms with Crippen LogP contribution in [0.1, 0.15) is 13.8 Å². The lowest BCUT2D eigenvalue weighted by molar-refractivity contribution is 0.168. The molecular weight excluding hydrogens is 501 g/mol. The molecule has 1 atom stereocenters. The van der Waals surface area contributed by atoms with Crippen molar-refractivity contribution in [2.24, 2.45) is 0 Å². The van der Waals surface area contributed by atoms with E-state index in [1.807, 2.05) is 6.92 Å². The van der Waals surface area contributed by atoms with Crippen LogP contribution in [0.2, 0.25) is 5.02 Å². The number of aromatic nitrogens is 4. The average Bonchev–Trinajstić information content (AvgIpc) is 3.23. The van der Waals surface area contributed by atoms with Crippen molar-refractivity contribution in [1.29, 1.82) is 0 Å². The zero-order valence-corrected chi connectivity index (χ0v) is 21.0. The van der Waals surface area contributed by atoms with Crippen LogP contribution in [0.25, 0.3) is 22.5 Å². The monoisotopic (exact) mass is 525 g/mol. The number of halogens is 2. The number of hydrogen-bond donors (Lipinski definition) is 3. The van der Waals surface area contributed by atoms with E-state index in [4.69, 9.17) is 11.6 Å². The molecule has 1 amide bonds. The number of anilines is 2. The quantitative estimate of drug-likeness (QED) is 0.386. The molecule has 3 rings (SSSR count). The maximum absolute atomic E-state index is 15.4. The van der Waals surface area contributed by atoms with Gasteiger partial charge in [0, 0.05) is 47.7 Å². The van der Waals surface area contributed by atoms with Crippen LogP contribution in [0.3, 0.4) is 0 Å². The average molecular weight is 526 g/mol. The van der Waals surface area contributed by atoms with Gasteiger partial charge < -0.3 is 15.4 Å². The summed E-state index contributed by atoms with van der Waals surface area (Å²) in [7, 11) is -2.47. The lowest BCUT2D eigenvalue weighted by Gasteiger charge is -2.14. The predicted molar refractivity (Wildman–Crippen MR) is 131 cm³/mol. The molecule has 0 aliphatic heterocycles. The fourth-order valence-electron chi connectivity index (χ4n) is 3.15. The zero-order valence-electron chi connectivity index (χ0n) is 19.5. The Kier molecular flexibility index (Phi) is 8.12. The van der Waals surface area contributed by atoms with Crippen LogP contribution in [-0.2, 0) is 21.3 Å². The van der Waals surface area contributed by atoms with Crippen LogP contribution in [0.4, 0.5) is 20.8 Å². The van der Waals surface area contributed by atoms with Gasteiger partial charge in [-0.25, -0.2) is 27.6 Å². The fraction of sp³-hybridized carbons (Fsp3) is 0.333. The fourth-order valence-corrected chi connectivity index (χ4v) is 3.92. The minimum Gasteiger partial charge on any atom is -0.453 e. The van der Waals surface area contributed by atoms with Gasteiger partial charge in [-0.3, -0.25) is 9.40 Å². The first kappa shape index (κ1) is 26.2. The van der Waals surface area contributed by atoms with Crippen molar-refractivity contribution >= 4 is 39.4 Å². The Morgan fingerprint density at radius 2 is 2.06 bits per heavy atom. The molecule has 0 aliphatic carbocycles. The highest BCUT2D eigenvalue weighted by atomic mass is 35.5. The van der Waals surface area contributed by atoms with Gasteiger partial charge in [-0.05, 0) is 32.0 Å². The van der Waals surface area contributed by atoms with Crippen molar-refractivity contribution in [2.75, 3.05) is 29.9 Å². The summed E-state index contributed by atoms with van der Waals surface area (Å²) >= 11 is 6.17. The van der Waals surface area contributed by atoms with Crippen LogP contribution < -0.4 is 15.4 Å². The molecule has 1 aromatic carbocycles. The van der Waals surface area contributed by atoms with Crippen LogP contribution in [0.15, 0.2) is 30.6 Å². The van der Waals surface area contributed by atoms with Gasteiger partial charge in [0.2, 0.25) is 16.0 Å². The highest BCUT2D eigenvalue weighted by molar-refractivity contribution is 7.92. The number of carbonyl (C=O) groups is 1. The summed E-state index contributed by atoms with van der Waals surface area (Å²) in [6.45, 7) is 4.47. The summed E-state index contributed by atoms with van der Waals surface area (Å²) in [5.74, 6) is -0.542. The van der Waals surface area contributed by atoms with E-state index in [-0.39, 0.29) is 34.0 Å². The smallest absolute Gasteiger partial charge is 0.407 e. The molecule has 14 heteroatoms. The normalized spacial score (nSPS) is 12.2. The van der Waals surface area contributed by atoms with Gasteiger partial charge in [-0.1, -0.05) is 11.6 Å². The molecule has 0 spiro atoms. The number of methoxy groups -OCH3 is 1. The Morgan fingerprint density at radius 3 is 2.71 bits per heavy atom. The number of carbonyl (C=O) groups excluding carboxylic acids is 1. The first-order valence-corrected chi connectivity index (χ1v) is 12.7. The van der Waals surface area contributed by atoms with Crippen molar-refractivity contribution in [2.45, 2.75) is 26.4 Å². The molecule has 3 N–H and O–H groups in total. The lowest BCUT2D eigenvalue weighted by Crippen LogP contribution is -2.37. The van der Waals surface area contributed by atoms with Crippen LogP contribution >= 0.6 is 11.6 Å². The third-order valence-electron chi connectivity index (χ3n) is 4.72. The Hall–Kier alpha value is -3.45. The highest BCUT2D eigenvalue weighted by Gasteiger charge is 2.22. The number of nitrogens with one attached hydrogen (secondary N) is 3. The summed E-state index contributed by atoms with van der Waals surface area (Å²) in [5.41, 5.74) is 0.889. The molecular formula is C21H25ClFN7O4S. The number of hydrogen-bond acceptors (Lipinski definition) is 8. The number of ether oxygens (including phenoxy) is 1. The number of rotatable bonds is 9. The minimum absolute atomic E-state index is 0.00914. The van der Waals surface area contributed by atoms with Gasteiger partial charge in [0.25, 0.3) is 0 Å². The molecule has 188 valence electrons. The Morgan fingerprint density at radius 1 is 1.31 bits per heavy atom. The summed E-state index contributed by atoms with van der Waals surface area (Å²) in [6.07, 6.45) is 3.59. The van der Waals surface area contributed by atoms with E-state index < -0.39 is 21.9 Å². The van der Waals surface area contributed by atoms with E-state index in [9.17, 15) is 13.2 Å². The van der Waals surface area contributed by atoms with E-state index in [1.54, 1.807) is 23.9 Å². The molecule has 0 saturated carbocycles. The summed E-state index contributed by atoms with van der Waals surface area (Å²) in [6, 6.07) is 3.93. The standard InChI is InChI=1S/C21H25ClFN7O4S/c1-5-30-11-15(16-6-7-24-20(27-16)25-10-12(2)26-21(31)34-3)19(28-30)14-8-13(22)9-17(18(14)23)29-35(4,32)33/h6-9,11-12,29H,5,10H2,1-4H3,(H,26,31)(H,24,25,27). The molecule has 2 heterocycles. The molecule has 0 radical (unpaired) electrons. The van der Waals surface area contributed by atoms with E-state index in [2.05, 4.69) is 35.2 Å². The number of alkyl carbamates (subject to hydrolysis) is 1. The number of aryl methyl sites for hydroxylation is 1. The highest BCUT2D eigenvalue weighted by Crippen LogP contribution is 2.36. The van der Waals surface area contributed by atoms with Gasteiger partial charge in [0.05, 0.1) is 24.7 Å². The van der Waals surface area contributed by atoms with E-state index >= 15 is 4.39 Å². The molecule has 0 fully saturated rings. The molecule has 11 nitrogen and oxygen atoms in total. The Balaban J connectivity index is 1.99. The molecule has 3 aromatic rings. The lowest BCUT2D eigenvalue weighted by atomic mass is 10.0. The number of sulfonamides is 1. The largest absolute Gasteiger partial charge is 0.453 e. The van der Waals surface area contributed by atoms with Crippen molar-refractivity contribution in [1.82, 2.24) is 25.1 Å². The first-order valence-electron chi connectivity index (χ1n) is 10.5.